The highest BCUT2D eigenvalue weighted by Crippen LogP contribution is 2.49. The van der Waals surface area contributed by atoms with Crippen LogP contribution in [-0.4, -0.2) is 52.3 Å². The van der Waals surface area contributed by atoms with Gasteiger partial charge in [-0.3, -0.25) is 9.67 Å². The molecule has 0 aromatic carbocycles. The van der Waals surface area contributed by atoms with Crippen molar-refractivity contribution in [2.75, 3.05) is 0 Å². The van der Waals surface area contributed by atoms with Gasteiger partial charge in [0.25, 0.3) is 0 Å². The highest BCUT2D eigenvalue weighted by molar-refractivity contribution is 6.38. The zero-order chi connectivity index (χ0) is 25.3. The van der Waals surface area contributed by atoms with Gasteiger partial charge < -0.3 is 9.09 Å². The molecule has 35 heavy (non-hydrogen) atoms. The Kier molecular flexibility index (Phi) is 5.19. The number of rotatable bonds is 5. The van der Waals surface area contributed by atoms with Gasteiger partial charge in [0.15, 0.2) is 0 Å². The molecule has 0 unspecified atom stereocenters. The lowest BCUT2D eigenvalue weighted by molar-refractivity contribution is -0.142. The summed E-state index contributed by atoms with van der Waals surface area (Å²) >= 11 is 0. The van der Waals surface area contributed by atoms with Gasteiger partial charge in [-0.25, -0.2) is 8.78 Å². The topological polar surface area (TPSA) is 61.7 Å². The molecule has 4 aromatic heterocycles. The van der Waals surface area contributed by atoms with Gasteiger partial charge in [-0.1, -0.05) is 5.16 Å². The van der Waals surface area contributed by atoms with Gasteiger partial charge in [-0.15, -0.1) is 0 Å². The fraction of sp³-hybridized carbons (Fsp3) is 0.409. The molecule has 4 heterocycles. The smallest absolute Gasteiger partial charge is 0.361 e. The Morgan fingerprint density at radius 1 is 1.11 bits per heavy atom. The molecule has 1 aliphatic carbocycles. The summed E-state index contributed by atoms with van der Waals surface area (Å²) in [5.41, 5.74) is 3.57. The van der Waals surface area contributed by atoms with Crippen molar-refractivity contribution in [1.82, 2.24) is 24.5 Å². The predicted octanol–water partition coefficient (Wildman–Crippen LogP) is 4.73. The highest BCUT2D eigenvalue weighted by atomic mass is 19.4. The van der Waals surface area contributed by atoms with E-state index in [-0.39, 0.29) is 0 Å². The van der Waals surface area contributed by atoms with E-state index in [1.54, 1.807) is 26.1 Å². The molecule has 0 N–H and O–H groups in total. The summed E-state index contributed by atoms with van der Waals surface area (Å²) in [5, 5.41) is 6.05. The van der Waals surface area contributed by atoms with E-state index in [1.165, 1.54) is 23.2 Å². The summed E-state index contributed by atoms with van der Waals surface area (Å²) in [6, 6.07) is 1.74. The van der Waals surface area contributed by atoms with Crippen molar-refractivity contribution in [2.45, 2.75) is 50.7 Å². The molecule has 1 aliphatic rings. The molecule has 0 atom stereocenters. The lowest BCUT2D eigenvalue weighted by Crippen LogP contribution is -2.52. The molecule has 0 aliphatic heterocycles. The molecular weight excluding hydrogens is 467 g/mol. The molecule has 13 heteroatoms. The molecule has 0 bridgehead atoms. The van der Waals surface area contributed by atoms with Gasteiger partial charge in [-0.2, -0.15) is 18.3 Å². The molecule has 178 valence electrons. The number of aryl methyl sites for hydroxylation is 2. The van der Waals surface area contributed by atoms with E-state index in [4.69, 9.17) is 20.2 Å². The number of aromatic nitrogens is 5. The zero-order valence-electron chi connectivity index (χ0n) is 18.8. The van der Waals surface area contributed by atoms with Gasteiger partial charge >= 0.3 is 6.18 Å². The number of pyridine rings is 1. The molecule has 1 saturated carbocycles. The second-order valence-electron chi connectivity index (χ2n) is 9.09. The highest BCUT2D eigenvalue weighted by Gasteiger charge is 2.51. The zero-order valence-corrected chi connectivity index (χ0v) is 18.8. The Labute approximate surface area is 199 Å². The van der Waals surface area contributed by atoms with E-state index < -0.39 is 42.7 Å². The van der Waals surface area contributed by atoms with Crippen LogP contribution in [0.2, 0.25) is 0 Å². The molecule has 5 rings (SSSR count). The van der Waals surface area contributed by atoms with Crippen molar-refractivity contribution in [3.63, 3.8) is 0 Å². The number of hydrogen-bond donors (Lipinski definition) is 0. The van der Waals surface area contributed by atoms with Crippen LogP contribution in [0, 0.1) is 19.8 Å². The largest absolute Gasteiger partial charge is 0.408 e. The quantitative estimate of drug-likeness (QED) is 0.303. The first-order valence-electron chi connectivity index (χ1n) is 10.8. The summed E-state index contributed by atoms with van der Waals surface area (Å²) in [4.78, 5) is 4.54. The van der Waals surface area contributed by atoms with Crippen LogP contribution in [0.1, 0.15) is 24.3 Å². The Morgan fingerprint density at radius 3 is 2.43 bits per heavy atom. The average Bonchev–Trinajstić information content (AvgIpc) is 3.41. The third kappa shape index (κ3) is 4.14. The first kappa shape index (κ1) is 23.6. The van der Waals surface area contributed by atoms with Crippen molar-refractivity contribution >= 4 is 26.7 Å². The van der Waals surface area contributed by atoms with Crippen LogP contribution >= 0.6 is 0 Å². The van der Waals surface area contributed by atoms with Crippen LogP contribution in [0.4, 0.5) is 22.0 Å². The molecule has 0 spiro atoms. The summed E-state index contributed by atoms with van der Waals surface area (Å²) < 4.78 is 73.2. The Hall–Kier alpha value is -3.11. The lowest BCUT2D eigenvalue weighted by Gasteiger charge is -2.47. The predicted molar refractivity (Wildman–Crippen MR) is 119 cm³/mol. The van der Waals surface area contributed by atoms with Crippen LogP contribution in [0.25, 0.3) is 33.3 Å². The molecule has 1 fully saturated rings. The minimum absolute atomic E-state index is 0.352. The third-order valence-electron chi connectivity index (χ3n) is 6.41. The van der Waals surface area contributed by atoms with Crippen LogP contribution < -0.4 is 0 Å². The standard InChI is InChI=1S/C22H18B2F5N5O/c1-11-18(12(2)35-32-11)13-3-17-19(30-6-13)16(14-7-31-33(8-14)10-21(27,28)29)9-34(17)22(23,24)15-4-20(25,26)5-15/h3,6-9,15H,4-5,10H2,1-2H3. The van der Waals surface area contributed by atoms with Crippen LogP contribution in [0.15, 0.2) is 35.4 Å². The van der Waals surface area contributed by atoms with Crippen LogP contribution in [0.3, 0.4) is 0 Å². The number of halogens is 5. The molecule has 4 aromatic rings. The summed E-state index contributed by atoms with van der Waals surface area (Å²) in [6.45, 7) is 2.25. The summed E-state index contributed by atoms with van der Waals surface area (Å²) in [6.07, 6.45) is 0.224. The minimum Gasteiger partial charge on any atom is -0.361 e. The fourth-order valence-electron chi connectivity index (χ4n) is 4.63. The molecular formula is C22H18B2F5N5O. The Morgan fingerprint density at radius 2 is 1.83 bits per heavy atom. The van der Waals surface area contributed by atoms with Crippen molar-refractivity contribution < 1.29 is 26.5 Å². The summed E-state index contributed by atoms with van der Waals surface area (Å²) in [7, 11) is 12.8. The SMILES string of the molecule is [B]C([B])(C1CC(F)(F)C1)n1cc(-c2cnn(CC(F)(F)F)c2)c2ncc(-c3c(C)noc3C)cc21. The number of fused-ring (bicyclic) bond motifs is 1. The van der Waals surface area contributed by atoms with Crippen LogP contribution in [0.5, 0.6) is 0 Å². The van der Waals surface area contributed by atoms with Crippen molar-refractivity contribution in [3.05, 3.63) is 42.3 Å². The van der Waals surface area contributed by atoms with Gasteiger partial charge in [0.05, 0.1) is 38.6 Å². The van der Waals surface area contributed by atoms with Gasteiger partial charge in [-0.05, 0) is 31.2 Å². The maximum absolute atomic E-state index is 13.6. The van der Waals surface area contributed by atoms with Crippen LogP contribution in [-0.2, 0) is 11.9 Å². The summed E-state index contributed by atoms with van der Waals surface area (Å²) in [5.74, 6) is -3.02. The minimum atomic E-state index is -4.45. The van der Waals surface area contributed by atoms with Gasteiger partial charge in [0.1, 0.15) is 12.3 Å². The van der Waals surface area contributed by atoms with E-state index in [9.17, 15) is 22.0 Å². The monoisotopic (exact) mass is 485 g/mol. The van der Waals surface area contributed by atoms with E-state index in [0.29, 0.717) is 44.7 Å². The maximum Gasteiger partial charge on any atom is 0.408 e. The van der Waals surface area contributed by atoms with E-state index >= 15 is 0 Å². The molecule has 6 nitrogen and oxygen atoms in total. The lowest BCUT2D eigenvalue weighted by atomic mass is 9.49. The maximum atomic E-state index is 13.6. The Bertz CT molecular complexity index is 1390. The Balaban J connectivity index is 1.66. The average molecular weight is 485 g/mol. The number of hydrogen-bond acceptors (Lipinski definition) is 4. The molecule has 0 amide bonds. The third-order valence-corrected chi connectivity index (χ3v) is 6.41. The van der Waals surface area contributed by atoms with Crippen molar-refractivity contribution in [3.8, 4) is 22.3 Å². The second kappa shape index (κ2) is 7.69. The number of nitrogens with zero attached hydrogens (tertiary/aromatic N) is 5. The first-order valence-corrected chi connectivity index (χ1v) is 10.8. The normalized spacial score (nSPS) is 16.7. The van der Waals surface area contributed by atoms with Gasteiger partial charge in [0.2, 0.25) is 5.92 Å². The van der Waals surface area contributed by atoms with E-state index in [2.05, 4.69) is 15.2 Å². The first-order chi connectivity index (χ1) is 16.2. The molecule has 4 radical (unpaired) electrons. The second-order valence-corrected chi connectivity index (χ2v) is 9.09. The van der Waals surface area contributed by atoms with Crippen molar-refractivity contribution in [2.24, 2.45) is 5.92 Å². The van der Waals surface area contributed by atoms with E-state index in [1.807, 2.05) is 0 Å². The van der Waals surface area contributed by atoms with Gasteiger partial charge in [0, 0.05) is 53.7 Å². The van der Waals surface area contributed by atoms with E-state index in [0.717, 1.165) is 4.68 Å². The molecule has 0 saturated heterocycles. The number of alkyl halides is 5. The fourth-order valence-corrected chi connectivity index (χ4v) is 4.63. The van der Waals surface area contributed by atoms with Crippen molar-refractivity contribution in [1.29, 1.82) is 0 Å².